The molecule has 0 N–H and O–H groups in total. The summed E-state index contributed by atoms with van der Waals surface area (Å²) in [5, 5.41) is 0. The van der Waals surface area contributed by atoms with Crippen LogP contribution in [0.25, 0.3) is 0 Å². The molecule has 4 nitrogen and oxygen atoms in total. The third-order valence-electron chi connectivity index (χ3n) is 4.81. The van der Waals surface area contributed by atoms with Crippen molar-refractivity contribution >= 4 is 17.7 Å². The van der Waals surface area contributed by atoms with Crippen molar-refractivity contribution in [2.45, 2.75) is 36.3 Å². The normalized spacial score (nSPS) is 32.4. The highest BCUT2D eigenvalue weighted by molar-refractivity contribution is 8.01. The second kappa shape index (κ2) is 5.41. The van der Waals surface area contributed by atoms with E-state index >= 15 is 0 Å². The van der Waals surface area contributed by atoms with Crippen LogP contribution in [0, 0.1) is 5.92 Å². The summed E-state index contributed by atoms with van der Waals surface area (Å²) in [7, 11) is 0. The van der Waals surface area contributed by atoms with Crippen molar-refractivity contribution in [3.63, 3.8) is 0 Å². The highest BCUT2D eigenvalue weighted by Crippen LogP contribution is 2.47. The van der Waals surface area contributed by atoms with E-state index in [4.69, 9.17) is 4.74 Å². The van der Waals surface area contributed by atoms with Gasteiger partial charge in [-0.05, 0) is 25.0 Å². The average molecular weight is 322 g/mol. The number of rotatable bonds is 3. The number of nitrogens with zero attached hydrogens (tertiary/aromatic N) is 2. The number of alkyl halides is 1. The van der Waals surface area contributed by atoms with Gasteiger partial charge < -0.3 is 9.64 Å². The Bertz CT molecular complexity index is 559. The minimum absolute atomic E-state index is 0.0683. The Morgan fingerprint density at radius 3 is 2.95 bits per heavy atom. The predicted octanol–water partition coefficient (Wildman–Crippen LogP) is 2.29. The second-order valence-electron chi connectivity index (χ2n) is 6.59. The van der Waals surface area contributed by atoms with Gasteiger partial charge in [-0.15, -0.1) is 11.8 Å². The SMILES string of the molecule is O=C(C1CC(F)C1)N1CC2(C[C@@H](Oc3cccnc3)CS2)C1. The predicted molar refractivity (Wildman–Crippen MR) is 82.7 cm³/mol. The molecule has 1 spiro atoms. The summed E-state index contributed by atoms with van der Waals surface area (Å²) >= 11 is 1.90. The van der Waals surface area contributed by atoms with Gasteiger partial charge in [-0.1, -0.05) is 0 Å². The summed E-state index contributed by atoms with van der Waals surface area (Å²) in [6.45, 7) is 1.58. The van der Waals surface area contributed by atoms with Crippen molar-refractivity contribution in [3.8, 4) is 5.75 Å². The quantitative estimate of drug-likeness (QED) is 0.856. The maximum atomic E-state index is 12.9. The lowest BCUT2D eigenvalue weighted by Crippen LogP contribution is -2.62. The Balaban J connectivity index is 1.28. The molecule has 1 aliphatic carbocycles. The van der Waals surface area contributed by atoms with Gasteiger partial charge in [0.05, 0.1) is 10.9 Å². The van der Waals surface area contributed by atoms with Crippen LogP contribution in [0.1, 0.15) is 19.3 Å². The molecule has 6 heteroatoms. The smallest absolute Gasteiger partial charge is 0.225 e. The minimum atomic E-state index is -0.762. The second-order valence-corrected chi connectivity index (χ2v) is 8.07. The third-order valence-corrected chi connectivity index (χ3v) is 6.39. The molecule has 1 saturated carbocycles. The number of carbonyl (C=O) groups is 1. The van der Waals surface area contributed by atoms with Crippen LogP contribution in [-0.4, -0.2) is 51.7 Å². The van der Waals surface area contributed by atoms with E-state index in [1.54, 1.807) is 12.4 Å². The first kappa shape index (κ1) is 14.3. The number of aromatic nitrogens is 1. The number of hydrogen-bond acceptors (Lipinski definition) is 4. The molecule has 0 radical (unpaired) electrons. The Morgan fingerprint density at radius 1 is 1.45 bits per heavy atom. The number of halogens is 1. The maximum absolute atomic E-state index is 12.9. The van der Waals surface area contributed by atoms with Gasteiger partial charge in [0.2, 0.25) is 5.91 Å². The van der Waals surface area contributed by atoms with Crippen LogP contribution < -0.4 is 4.74 Å². The number of hydrogen-bond donors (Lipinski definition) is 0. The van der Waals surface area contributed by atoms with Gasteiger partial charge in [0.25, 0.3) is 0 Å². The van der Waals surface area contributed by atoms with E-state index in [0.717, 1.165) is 31.0 Å². The molecule has 0 bridgehead atoms. The number of amides is 1. The Labute approximate surface area is 133 Å². The Kier molecular flexibility index (Phi) is 3.51. The number of carbonyl (C=O) groups excluding carboxylic acids is 1. The standard InChI is InChI=1S/C16H19FN2O2S/c17-12-4-11(5-12)15(20)19-9-16(10-19)6-14(8-22-16)21-13-2-1-3-18-7-13/h1-3,7,11-12,14H,4-6,8-10H2/t11?,12?,14-/m1/s1. The van der Waals surface area contributed by atoms with Gasteiger partial charge in [0.1, 0.15) is 18.0 Å². The van der Waals surface area contributed by atoms with Crippen molar-refractivity contribution in [2.24, 2.45) is 5.92 Å². The summed E-state index contributed by atoms with van der Waals surface area (Å²) < 4.78 is 19.0. The fraction of sp³-hybridized carbons (Fsp3) is 0.625. The number of likely N-dealkylation sites (tertiary alicyclic amines) is 1. The van der Waals surface area contributed by atoms with Crippen LogP contribution in [0.15, 0.2) is 24.5 Å². The van der Waals surface area contributed by atoms with Crippen LogP contribution in [0.2, 0.25) is 0 Å². The molecule has 3 aliphatic rings. The van der Waals surface area contributed by atoms with Crippen LogP contribution in [-0.2, 0) is 4.79 Å². The lowest BCUT2D eigenvalue weighted by molar-refractivity contribution is -0.146. The van der Waals surface area contributed by atoms with Crippen LogP contribution in [0.4, 0.5) is 4.39 Å². The molecule has 3 fully saturated rings. The van der Waals surface area contributed by atoms with Crippen LogP contribution >= 0.6 is 11.8 Å². The molecule has 2 aliphatic heterocycles. The summed E-state index contributed by atoms with van der Waals surface area (Å²) in [5.41, 5.74) is 0. The number of pyridine rings is 1. The van der Waals surface area contributed by atoms with E-state index in [9.17, 15) is 9.18 Å². The molecule has 0 unspecified atom stereocenters. The lowest BCUT2D eigenvalue weighted by atomic mass is 9.80. The molecule has 3 heterocycles. The van der Waals surface area contributed by atoms with Crippen molar-refractivity contribution in [1.82, 2.24) is 9.88 Å². The highest BCUT2D eigenvalue weighted by atomic mass is 32.2. The summed E-state index contributed by atoms with van der Waals surface area (Å²) in [4.78, 5) is 18.1. The average Bonchev–Trinajstić information content (AvgIpc) is 2.87. The molecular formula is C16H19FN2O2S. The lowest BCUT2D eigenvalue weighted by Gasteiger charge is -2.49. The fourth-order valence-electron chi connectivity index (χ4n) is 3.52. The fourth-order valence-corrected chi connectivity index (χ4v) is 5.04. The minimum Gasteiger partial charge on any atom is -0.488 e. The number of thioether (sulfide) groups is 1. The Morgan fingerprint density at radius 2 is 2.27 bits per heavy atom. The zero-order chi connectivity index (χ0) is 15.2. The molecule has 4 rings (SSSR count). The topological polar surface area (TPSA) is 42.4 Å². The van der Waals surface area contributed by atoms with Crippen molar-refractivity contribution < 1.29 is 13.9 Å². The van der Waals surface area contributed by atoms with Crippen molar-refractivity contribution in [1.29, 1.82) is 0 Å². The first-order valence-corrected chi connectivity index (χ1v) is 8.76. The van der Waals surface area contributed by atoms with Crippen molar-refractivity contribution in [2.75, 3.05) is 18.8 Å². The molecule has 0 aromatic carbocycles. The molecule has 1 amide bonds. The molecule has 22 heavy (non-hydrogen) atoms. The van der Waals surface area contributed by atoms with Gasteiger partial charge in [0.15, 0.2) is 0 Å². The van der Waals surface area contributed by atoms with E-state index in [0.29, 0.717) is 12.8 Å². The molecule has 118 valence electrons. The summed E-state index contributed by atoms with van der Waals surface area (Å²) in [6.07, 6.45) is 4.69. The van der Waals surface area contributed by atoms with E-state index < -0.39 is 6.17 Å². The van der Waals surface area contributed by atoms with Gasteiger partial charge >= 0.3 is 0 Å². The van der Waals surface area contributed by atoms with Crippen LogP contribution in [0.5, 0.6) is 5.75 Å². The van der Waals surface area contributed by atoms with Crippen LogP contribution in [0.3, 0.4) is 0 Å². The zero-order valence-electron chi connectivity index (χ0n) is 12.3. The Hall–Kier alpha value is -1.30. The zero-order valence-corrected chi connectivity index (χ0v) is 13.1. The van der Waals surface area contributed by atoms with E-state index in [-0.39, 0.29) is 22.7 Å². The summed E-state index contributed by atoms with van der Waals surface area (Å²) in [5.74, 6) is 1.84. The van der Waals surface area contributed by atoms with Crippen molar-refractivity contribution in [3.05, 3.63) is 24.5 Å². The molecule has 2 saturated heterocycles. The first-order chi connectivity index (χ1) is 10.6. The van der Waals surface area contributed by atoms with Gasteiger partial charge in [0, 0.05) is 37.4 Å². The maximum Gasteiger partial charge on any atom is 0.225 e. The molecule has 1 atom stereocenters. The molecule has 1 aromatic heterocycles. The van der Waals surface area contributed by atoms with E-state index in [2.05, 4.69) is 4.98 Å². The van der Waals surface area contributed by atoms with Gasteiger partial charge in [-0.25, -0.2) is 4.39 Å². The highest BCUT2D eigenvalue weighted by Gasteiger charge is 2.53. The van der Waals surface area contributed by atoms with Gasteiger partial charge in [-0.2, -0.15) is 0 Å². The molecular weight excluding hydrogens is 303 g/mol. The van der Waals surface area contributed by atoms with E-state index in [1.807, 2.05) is 28.8 Å². The molecule has 1 aromatic rings. The third kappa shape index (κ3) is 2.57. The number of ether oxygens (including phenoxy) is 1. The van der Waals surface area contributed by atoms with E-state index in [1.165, 1.54) is 0 Å². The largest absolute Gasteiger partial charge is 0.488 e. The summed E-state index contributed by atoms with van der Waals surface area (Å²) in [6, 6.07) is 3.79. The first-order valence-electron chi connectivity index (χ1n) is 7.77. The monoisotopic (exact) mass is 322 g/mol. The van der Waals surface area contributed by atoms with Gasteiger partial charge in [-0.3, -0.25) is 9.78 Å².